The number of hydrogen-bond acceptors (Lipinski definition) is 3. The molecule has 4 heteroatoms. The maximum atomic E-state index is 11.1. The topological polar surface area (TPSA) is 68.0 Å². The number of fused-ring (bicyclic) bond motifs is 1. The number of nitrogens with zero attached hydrogens (tertiary/aromatic N) is 1. The lowest BCUT2D eigenvalue weighted by Gasteiger charge is -2.10. The van der Waals surface area contributed by atoms with Gasteiger partial charge in [-0.05, 0) is 43.7 Å². The number of carbonyl (C=O) groups excluding carboxylic acids is 1. The van der Waals surface area contributed by atoms with Crippen molar-refractivity contribution in [3.05, 3.63) is 35.5 Å². The zero-order chi connectivity index (χ0) is 14.0. The number of hydrogen-bond donors (Lipinski definition) is 2. The summed E-state index contributed by atoms with van der Waals surface area (Å²) in [5.41, 5.74) is 9.69. The molecule has 100 valence electrons. The van der Waals surface area contributed by atoms with Crippen LogP contribution in [0.5, 0.6) is 0 Å². The van der Waals surface area contributed by atoms with Gasteiger partial charge >= 0.3 is 0 Å². The third-order valence-electron chi connectivity index (χ3n) is 2.92. The summed E-state index contributed by atoms with van der Waals surface area (Å²) in [5, 5.41) is 3.84. The van der Waals surface area contributed by atoms with Crippen LogP contribution in [0.1, 0.15) is 25.1 Å². The third-order valence-corrected chi connectivity index (χ3v) is 2.92. The molecule has 0 aliphatic rings. The number of aryl methyl sites for hydroxylation is 1. The van der Waals surface area contributed by atoms with Crippen molar-refractivity contribution in [2.24, 2.45) is 5.73 Å². The third kappa shape index (κ3) is 3.29. The highest BCUT2D eigenvalue weighted by Crippen LogP contribution is 2.22. The molecule has 3 N–H and O–H groups in total. The number of rotatable bonds is 3. The van der Waals surface area contributed by atoms with E-state index in [4.69, 9.17) is 5.73 Å². The Kier molecular flexibility index (Phi) is 3.81. The molecule has 1 atom stereocenters. The number of nitrogens with one attached hydrogen (secondary N) is 1. The number of carbonyl (C=O) groups is 1. The van der Waals surface area contributed by atoms with Gasteiger partial charge in [-0.1, -0.05) is 0 Å². The van der Waals surface area contributed by atoms with E-state index < -0.39 is 0 Å². The van der Waals surface area contributed by atoms with Gasteiger partial charge in [0.15, 0.2) is 0 Å². The SMILES string of the molecule is CC(=O)Nc1ccc2nc(CC(C)N)cc(C)c2c1. The van der Waals surface area contributed by atoms with E-state index >= 15 is 0 Å². The summed E-state index contributed by atoms with van der Waals surface area (Å²) < 4.78 is 0. The van der Waals surface area contributed by atoms with E-state index in [-0.39, 0.29) is 11.9 Å². The monoisotopic (exact) mass is 257 g/mol. The van der Waals surface area contributed by atoms with Crippen LogP contribution >= 0.6 is 0 Å². The lowest BCUT2D eigenvalue weighted by molar-refractivity contribution is -0.114. The average Bonchev–Trinajstić information content (AvgIpc) is 2.28. The lowest BCUT2D eigenvalue weighted by Crippen LogP contribution is -2.18. The Labute approximate surface area is 113 Å². The molecule has 0 saturated heterocycles. The number of benzene rings is 1. The number of amides is 1. The van der Waals surface area contributed by atoms with E-state index in [0.717, 1.165) is 34.3 Å². The summed E-state index contributed by atoms with van der Waals surface area (Å²) in [5.74, 6) is -0.0708. The first-order valence-electron chi connectivity index (χ1n) is 6.39. The van der Waals surface area contributed by atoms with Gasteiger partial charge in [0, 0.05) is 36.2 Å². The fraction of sp³-hybridized carbons (Fsp3) is 0.333. The summed E-state index contributed by atoms with van der Waals surface area (Å²) in [7, 11) is 0. The predicted molar refractivity (Wildman–Crippen MR) is 78.1 cm³/mol. The van der Waals surface area contributed by atoms with Crippen molar-refractivity contribution in [1.29, 1.82) is 0 Å². The van der Waals surface area contributed by atoms with E-state index in [9.17, 15) is 4.79 Å². The van der Waals surface area contributed by atoms with Crippen LogP contribution in [0.3, 0.4) is 0 Å². The molecular weight excluding hydrogens is 238 g/mol. The Morgan fingerprint density at radius 3 is 2.79 bits per heavy atom. The van der Waals surface area contributed by atoms with Gasteiger partial charge in [-0.15, -0.1) is 0 Å². The Morgan fingerprint density at radius 1 is 1.42 bits per heavy atom. The van der Waals surface area contributed by atoms with Crippen LogP contribution in [-0.4, -0.2) is 16.9 Å². The molecule has 1 heterocycles. The standard InChI is InChI=1S/C15H19N3O/c1-9-6-13(7-10(2)16)18-15-5-4-12(8-14(9)15)17-11(3)19/h4-6,8,10H,7,16H2,1-3H3,(H,17,19). The molecule has 19 heavy (non-hydrogen) atoms. The van der Waals surface area contributed by atoms with Gasteiger partial charge in [0.1, 0.15) is 0 Å². The fourth-order valence-electron chi connectivity index (χ4n) is 2.18. The molecule has 0 radical (unpaired) electrons. The van der Waals surface area contributed by atoms with Crippen LogP contribution in [-0.2, 0) is 11.2 Å². The second-order valence-electron chi connectivity index (χ2n) is 5.03. The molecule has 0 bridgehead atoms. The molecule has 4 nitrogen and oxygen atoms in total. The second kappa shape index (κ2) is 5.36. The molecule has 1 aromatic carbocycles. The second-order valence-corrected chi connectivity index (χ2v) is 5.03. The average molecular weight is 257 g/mol. The van der Waals surface area contributed by atoms with Gasteiger partial charge in [0.2, 0.25) is 5.91 Å². The maximum absolute atomic E-state index is 11.1. The Balaban J connectivity index is 2.44. The fourth-order valence-corrected chi connectivity index (χ4v) is 2.18. The maximum Gasteiger partial charge on any atom is 0.221 e. The van der Waals surface area contributed by atoms with Crippen LogP contribution in [0.25, 0.3) is 10.9 Å². The molecule has 0 fully saturated rings. The molecule has 2 rings (SSSR count). The Morgan fingerprint density at radius 2 is 2.16 bits per heavy atom. The minimum atomic E-state index is -0.0708. The minimum Gasteiger partial charge on any atom is -0.328 e. The minimum absolute atomic E-state index is 0.0708. The van der Waals surface area contributed by atoms with Crippen LogP contribution < -0.4 is 11.1 Å². The molecule has 1 unspecified atom stereocenters. The number of nitrogens with two attached hydrogens (primary N) is 1. The molecule has 0 saturated carbocycles. The van der Waals surface area contributed by atoms with Gasteiger partial charge in [0.25, 0.3) is 0 Å². The first kappa shape index (κ1) is 13.5. The molecule has 1 amide bonds. The summed E-state index contributed by atoms with van der Waals surface area (Å²) in [6.45, 7) is 5.52. The first-order valence-corrected chi connectivity index (χ1v) is 6.39. The Bertz CT molecular complexity index is 620. The molecule has 0 aliphatic heterocycles. The molecular formula is C15H19N3O. The van der Waals surface area contributed by atoms with E-state index in [0.29, 0.717) is 0 Å². The van der Waals surface area contributed by atoms with Crippen molar-refractivity contribution in [3.63, 3.8) is 0 Å². The van der Waals surface area contributed by atoms with Crippen molar-refractivity contribution < 1.29 is 4.79 Å². The van der Waals surface area contributed by atoms with E-state index in [1.807, 2.05) is 32.0 Å². The first-order chi connectivity index (χ1) is 8.95. The normalized spacial score (nSPS) is 12.4. The number of aromatic nitrogens is 1. The van der Waals surface area contributed by atoms with Crippen molar-refractivity contribution in [3.8, 4) is 0 Å². The summed E-state index contributed by atoms with van der Waals surface area (Å²) in [6, 6.07) is 7.91. The molecule has 0 aliphatic carbocycles. The zero-order valence-electron chi connectivity index (χ0n) is 11.5. The number of anilines is 1. The molecule has 1 aromatic heterocycles. The lowest BCUT2D eigenvalue weighted by atomic mass is 10.1. The van der Waals surface area contributed by atoms with Crippen molar-refractivity contribution >= 4 is 22.5 Å². The highest BCUT2D eigenvalue weighted by Gasteiger charge is 2.06. The quantitative estimate of drug-likeness (QED) is 0.887. The summed E-state index contributed by atoms with van der Waals surface area (Å²) >= 11 is 0. The largest absolute Gasteiger partial charge is 0.328 e. The van der Waals surface area contributed by atoms with Crippen molar-refractivity contribution in [2.45, 2.75) is 33.2 Å². The van der Waals surface area contributed by atoms with Gasteiger partial charge < -0.3 is 11.1 Å². The molecule has 2 aromatic rings. The van der Waals surface area contributed by atoms with Crippen LogP contribution in [0, 0.1) is 6.92 Å². The van der Waals surface area contributed by atoms with E-state index in [2.05, 4.69) is 16.4 Å². The van der Waals surface area contributed by atoms with Crippen molar-refractivity contribution in [2.75, 3.05) is 5.32 Å². The van der Waals surface area contributed by atoms with Crippen molar-refractivity contribution in [1.82, 2.24) is 4.98 Å². The van der Waals surface area contributed by atoms with Gasteiger partial charge in [-0.2, -0.15) is 0 Å². The Hall–Kier alpha value is -1.94. The van der Waals surface area contributed by atoms with Crippen LogP contribution in [0.2, 0.25) is 0 Å². The summed E-state index contributed by atoms with van der Waals surface area (Å²) in [6.07, 6.45) is 0.768. The smallest absolute Gasteiger partial charge is 0.221 e. The highest BCUT2D eigenvalue weighted by molar-refractivity contribution is 5.93. The molecule has 0 spiro atoms. The predicted octanol–water partition coefficient (Wildman–Crippen LogP) is 2.39. The van der Waals surface area contributed by atoms with Crippen LogP contribution in [0.15, 0.2) is 24.3 Å². The van der Waals surface area contributed by atoms with E-state index in [1.165, 1.54) is 6.92 Å². The summed E-state index contributed by atoms with van der Waals surface area (Å²) in [4.78, 5) is 15.7. The van der Waals surface area contributed by atoms with E-state index in [1.54, 1.807) is 0 Å². The van der Waals surface area contributed by atoms with Gasteiger partial charge in [-0.25, -0.2) is 0 Å². The highest BCUT2D eigenvalue weighted by atomic mass is 16.1. The number of pyridine rings is 1. The van der Waals surface area contributed by atoms with Crippen LogP contribution in [0.4, 0.5) is 5.69 Å². The van der Waals surface area contributed by atoms with Gasteiger partial charge in [0.05, 0.1) is 5.52 Å². The van der Waals surface area contributed by atoms with Gasteiger partial charge in [-0.3, -0.25) is 9.78 Å². The zero-order valence-corrected chi connectivity index (χ0v) is 11.5.